The topological polar surface area (TPSA) is 35.5 Å². The highest BCUT2D eigenvalue weighted by Crippen LogP contribution is 2.36. The van der Waals surface area contributed by atoms with E-state index in [1.807, 2.05) is 0 Å². The van der Waals surface area contributed by atoms with Gasteiger partial charge in [0.1, 0.15) is 6.10 Å². The number of hydrogen-bond acceptors (Lipinski definition) is 3. The number of esters is 1. The van der Waals surface area contributed by atoms with E-state index in [0.29, 0.717) is 11.5 Å². The van der Waals surface area contributed by atoms with Gasteiger partial charge in [0.05, 0.1) is 0 Å². The second kappa shape index (κ2) is 30.9. The summed E-state index contributed by atoms with van der Waals surface area (Å²) in [6, 6.07) is 0. The molecule has 1 atom stereocenters. The molecule has 0 saturated heterocycles. The van der Waals surface area contributed by atoms with E-state index in [1.165, 1.54) is 77.0 Å². The van der Waals surface area contributed by atoms with Crippen LogP contribution in [-0.2, 0) is 14.0 Å². The lowest BCUT2D eigenvalue weighted by Crippen LogP contribution is -2.40. The van der Waals surface area contributed by atoms with Crippen LogP contribution < -0.4 is 0 Å². The molecule has 1 unspecified atom stereocenters. The summed E-state index contributed by atoms with van der Waals surface area (Å²) in [5.41, 5.74) is 0. The maximum absolute atomic E-state index is 12.6. The standard InChI is InChI=1S/C42H78O3Si/c1-8-10-12-14-15-16-17-18-19-20-21-24-27-30-34-38-41(43)45-40(36-32-13-11-9-2)37-33-29-26-23-22-25-28-31-35-39-44-46(6,7)42(3,4)5/h10,12,15-16,18-19,29,33,40H,8-9,11,13-14,17,20-28,30-32,34-39H2,1-7H3/b12-10-,16-15-,19-18-,33-29+. The van der Waals surface area contributed by atoms with Gasteiger partial charge in [-0.05, 0) is 88.8 Å². The number of hydrogen-bond donors (Lipinski definition) is 0. The fourth-order valence-corrected chi connectivity index (χ4v) is 6.23. The van der Waals surface area contributed by atoms with Crippen molar-refractivity contribution >= 4 is 14.3 Å². The molecule has 0 saturated carbocycles. The molecule has 0 amide bonds. The normalized spacial score (nSPS) is 13.6. The predicted octanol–water partition coefficient (Wildman–Crippen LogP) is 14.2. The van der Waals surface area contributed by atoms with Crippen molar-refractivity contribution in [3.8, 4) is 0 Å². The monoisotopic (exact) mass is 659 g/mol. The van der Waals surface area contributed by atoms with E-state index < -0.39 is 8.32 Å². The minimum atomic E-state index is -1.59. The predicted molar refractivity (Wildman–Crippen MR) is 207 cm³/mol. The number of carbonyl (C=O) groups excluding carboxylic acids is 1. The largest absolute Gasteiger partial charge is 0.462 e. The maximum Gasteiger partial charge on any atom is 0.306 e. The van der Waals surface area contributed by atoms with E-state index in [0.717, 1.165) is 70.8 Å². The Morgan fingerprint density at radius 2 is 1.15 bits per heavy atom. The summed E-state index contributed by atoms with van der Waals surface area (Å²) in [5.74, 6) is 0.00442. The Balaban J connectivity index is 4.02. The molecule has 46 heavy (non-hydrogen) atoms. The highest BCUT2D eigenvalue weighted by atomic mass is 28.4. The first kappa shape index (κ1) is 44.6. The molecule has 0 radical (unpaired) electrons. The van der Waals surface area contributed by atoms with Gasteiger partial charge in [0, 0.05) is 19.4 Å². The molecule has 0 fully saturated rings. The number of allylic oxidation sites excluding steroid dienone is 7. The van der Waals surface area contributed by atoms with Crippen molar-refractivity contribution in [3.63, 3.8) is 0 Å². The average Bonchev–Trinajstić information content (AvgIpc) is 3.00. The summed E-state index contributed by atoms with van der Waals surface area (Å²) in [6.45, 7) is 17.0. The Morgan fingerprint density at radius 3 is 1.76 bits per heavy atom. The molecule has 0 aliphatic carbocycles. The van der Waals surface area contributed by atoms with Crippen LogP contribution in [0.4, 0.5) is 0 Å². The summed E-state index contributed by atoms with van der Waals surface area (Å²) in [5, 5.41) is 0.304. The molecule has 3 nitrogen and oxygen atoms in total. The van der Waals surface area contributed by atoms with E-state index in [4.69, 9.17) is 9.16 Å². The van der Waals surface area contributed by atoms with Crippen molar-refractivity contribution in [3.05, 3.63) is 48.6 Å². The molecule has 0 aromatic carbocycles. The van der Waals surface area contributed by atoms with Crippen molar-refractivity contribution in [1.29, 1.82) is 0 Å². The van der Waals surface area contributed by atoms with Crippen LogP contribution in [0, 0.1) is 0 Å². The quantitative estimate of drug-likeness (QED) is 0.0322. The van der Waals surface area contributed by atoms with Crippen molar-refractivity contribution in [2.45, 2.75) is 207 Å². The molecule has 0 aliphatic rings. The van der Waals surface area contributed by atoms with Gasteiger partial charge in [0.15, 0.2) is 8.32 Å². The third-order valence-electron chi connectivity index (χ3n) is 9.31. The molecular formula is C42H78O3Si. The molecule has 0 aromatic heterocycles. The number of unbranched alkanes of at least 4 members (excludes halogenated alkanes) is 14. The van der Waals surface area contributed by atoms with E-state index >= 15 is 0 Å². The molecule has 0 N–H and O–H groups in total. The fourth-order valence-electron chi connectivity index (χ4n) is 5.14. The van der Waals surface area contributed by atoms with E-state index in [9.17, 15) is 4.79 Å². The van der Waals surface area contributed by atoms with Crippen molar-refractivity contribution in [2.24, 2.45) is 0 Å². The van der Waals surface area contributed by atoms with Crippen LogP contribution in [0.5, 0.6) is 0 Å². The highest BCUT2D eigenvalue weighted by Gasteiger charge is 2.36. The average molecular weight is 659 g/mol. The number of carbonyl (C=O) groups is 1. The van der Waals surface area contributed by atoms with Gasteiger partial charge in [-0.25, -0.2) is 0 Å². The van der Waals surface area contributed by atoms with E-state index in [1.54, 1.807) is 0 Å². The summed E-state index contributed by atoms with van der Waals surface area (Å²) < 4.78 is 12.3. The third kappa shape index (κ3) is 28.8. The molecule has 0 rings (SSSR count). The summed E-state index contributed by atoms with van der Waals surface area (Å²) >= 11 is 0. The zero-order valence-corrected chi connectivity index (χ0v) is 32.9. The maximum atomic E-state index is 12.6. The molecule has 4 heteroatoms. The molecule has 0 aliphatic heterocycles. The Bertz CT molecular complexity index is 802. The zero-order valence-electron chi connectivity index (χ0n) is 31.9. The van der Waals surface area contributed by atoms with Crippen LogP contribution in [0.25, 0.3) is 0 Å². The fraction of sp³-hybridized carbons (Fsp3) is 0.786. The van der Waals surface area contributed by atoms with Crippen LogP contribution in [0.3, 0.4) is 0 Å². The molecular weight excluding hydrogens is 581 g/mol. The van der Waals surface area contributed by atoms with E-state index in [-0.39, 0.29) is 12.1 Å². The first-order chi connectivity index (χ1) is 22.1. The second-order valence-electron chi connectivity index (χ2n) is 14.8. The number of ether oxygens (including phenoxy) is 1. The van der Waals surface area contributed by atoms with Gasteiger partial charge in [-0.1, -0.05) is 147 Å². The van der Waals surface area contributed by atoms with Crippen LogP contribution in [0.15, 0.2) is 48.6 Å². The van der Waals surface area contributed by atoms with Crippen LogP contribution in [0.2, 0.25) is 18.1 Å². The van der Waals surface area contributed by atoms with Gasteiger partial charge >= 0.3 is 5.97 Å². The van der Waals surface area contributed by atoms with Crippen LogP contribution in [0.1, 0.15) is 182 Å². The smallest absolute Gasteiger partial charge is 0.306 e. The van der Waals surface area contributed by atoms with Crippen LogP contribution >= 0.6 is 0 Å². The first-order valence-electron chi connectivity index (χ1n) is 19.6. The van der Waals surface area contributed by atoms with Gasteiger partial charge in [0.25, 0.3) is 0 Å². The summed E-state index contributed by atoms with van der Waals surface area (Å²) in [6.07, 6.45) is 44.4. The Morgan fingerprint density at radius 1 is 0.630 bits per heavy atom. The van der Waals surface area contributed by atoms with Gasteiger partial charge in [-0.3, -0.25) is 4.79 Å². The molecule has 268 valence electrons. The van der Waals surface area contributed by atoms with Crippen molar-refractivity contribution in [1.82, 2.24) is 0 Å². The minimum absolute atomic E-state index is 0.00442. The first-order valence-corrected chi connectivity index (χ1v) is 22.5. The SMILES string of the molecule is CC/C=C\C/C=C\C/C=C\CCCCCCCC(=O)OC(C/C=C/CCCCCCCCO[Si](C)(C)C(C)(C)C)CCCCCC. The molecule has 0 spiro atoms. The lowest BCUT2D eigenvalue weighted by Gasteiger charge is -2.36. The van der Waals surface area contributed by atoms with Gasteiger partial charge in [-0.15, -0.1) is 0 Å². The Hall–Kier alpha value is -1.39. The summed E-state index contributed by atoms with van der Waals surface area (Å²) in [4.78, 5) is 12.6. The molecule has 0 aromatic rings. The molecule has 0 bridgehead atoms. The van der Waals surface area contributed by atoms with Crippen LogP contribution in [-0.4, -0.2) is 27.0 Å². The van der Waals surface area contributed by atoms with Crippen molar-refractivity contribution in [2.75, 3.05) is 6.61 Å². The second-order valence-corrected chi connectivity index (χ2v) is 19.6. The highest BCUT2D eigenvalue weighted by molar-refractivity contribution is 6.74. The van der Waals surface area contributed by atoms with Gasteiger partial charge in [0.2, 0.25) is 0 Å². The lowest BCUT2D eigenvalue weighted by molar-refractivity contribution is -0.149. The lowest BCUT2D eigenvalue weighted by atomic mass is 10.1. The minimum Gasteiger partial charge on any atom is -0.462 e. The zero-order chi connectivity index (χ0) is 34.2. The summed E-state index contributed by atoms with van der Waals surface area (Å²) in [7, 11) is -1.59. The molecule has 0 heterocycles. The third-order valence-corrected chi connectivity index (χ3v) is 13.8. The van der Waals surface area contributed by atoms with Gasteiger partial charge in [-0.2, -0.15) is 0 Å². The van der Waals surface area contributed by atoms with E-state index in [2.05, 4.69) is 96.3 Å². The Kier molecular flexibility index (Phi) is 30.0. The number of rotatable bonds is 31. The Labute approximate surface area is 289 Å². The van der Waals surface area contributed by atoms with Crippen molar-refractivity contribution < 1.29 is 14.0 Å². The van der Waals surface area contributed by atoms with Gasteiger partial charge < -0.3 is 9.16 Å².